The molecule has 2 aromatic rings. The summed E-state index contributed by atoms with van der Waals surface area (Å²) in [5.74, 6) is -2.03. The van der Waals surface area contributed by atoms with Gasteiger partial charge in [-0.25, -0.2) is 0 Å². The van der Waals surface area contributed by atoms with Gasteiger partial charge in [0.25, 0.3) is 11.8 Å². The highest BCUT2D eigenvalue weighted by Gasteiger charge is 2.48. The Hall–Kier alpha value is -3.82. The molecule has 1 aliphatic heterocycles. The SMILES string of the molecule is CNC(=O)C1(C)C=C(C(=O)NOc2ccccc2)C(=O)N(c2cccc(C(F)(F)F)c2)C1C. The van der Waals surface area contributed by atoms with Gasteiger partial charge < -0.3 is 15.1 Å². The average Bonchev–Trinajstić information content (AvgIpc) is 2.80. The van der Waals surface area contributed by atoms with Crippen molar-refractivity contribution in [2.45, 2.75) is 26.1 Å². The van der Waals surface area contributed by atoms with E-state index in [4.69, 9.17) is 4.84 Å². The fourth-order valence-corrected chi connectivity index (χ4v) is 3.57. The van der Waals surface area contributed by atoms with Gasteiger partial charge in [0.2, 0.25) is 5.91 Å². The third-order valence-electron chi connectivity index (χ3n) is 5.57. The monoisotopic (exact) mass is 461 g/mol. The van der Waals surface area contributed by atoms with E-state index in [9.17, 15) is 27.6 Å². The van der Waals surface area contributed by atoms with Crippen LogP contribution in [-0.2, 0) is 20.6 Å². The van der Waals surface area contributed by atoms with Crippen LogP contribution >= 0.6 is 0 Å². The first-order chi connectivity index (χ1) is 15.5. The number of carbonyl (C=O) groups excluding carboxylic acids is 3. The summed E-state index contributed by atoms with van der Waals surface area (Å²) >= 11 is 0. The molecule has 174 valence electrons. The molecule has 3 amide bonds. The Kier molecular flexibility index (Phi) is 6.48. The lowest BCUT2D eigenvalue weighted by molar-refractivity contribution is -0.138. The number of alkyl halides is 3. The Balaban J connectivity index is 2.02. The molecule has 3 rings (SSSR count). The van der Waals surface area contributed by atoms with Crippen molar-refractivity contribution in [3.8, 4) is 5.75 Å². The van der Waals surface area contributed by atoms with Crippen LogP contribution < -0.4 is 20.5 Å². The minimum atomic E-state index is -4.64. The number of nitrogens with one attached hydrogen (secondary N) is 2. The third kappa shape index (κ3) is 4.69. The van der Waals surface area contributed by atoms with Gasteiger partial charge in [-0.2, -0.15) is 18.7 Å². The van der Waals surface area contributed by atoms with Crippen molar-refractivity contribution < 1.29 is 32.4 Å². The molecule has 2 unspecified atom stereocenters. The maximum atomic E-state index is 13.3. The van der Waals surface area contributed by atoms with Gasteiger partial charge in [0.1, 0.15) is 5.57 Å². The zero-order valence-corrected chi connectivity index (χ0v) is 18.1. The molecular weight excluding hydrogens is 439 g/mol. The van der Waals surface area contributed by atoms with E-state index in [0.29, 0.717) is 5.75 Å². The van der Waals surface area contributed by atoms with Crippen molar-refractivity contribution in [3.05, 3.63) is 71.8 Å². The van der Waals surface area contributed by atoms with E-state index in [1.54, 1.807) is 30.3 Å². The zero-order chi connectivity index (χ0) is 24.4. The highest BCUT2D eigenvalue weighted by Crippen LogP contribution is 2.39. The average molecular weight is 461 g/mol. The van der Waals surface area contributed by atoms with Crippen LogP contribution in [0.2, 0.25) is 0 Å². The number of para-hydroxylation sites is 1. The summed E-state index contributed by atoms with van der Waals surface area (Å²) in [6.45, 7) is 3.02. The third-order valence-corrected chi connectivity index (χ3v) is 5.57. The molecule has 0 saturated carbocycles. The topological polar surface area (TPSA) is 87.7 Å². The number of hydrogen-bond donors (Lipinski definition) is 2. The molecule has 10 heteroatoms. The molecular formula is C23H22F3N3O4. The van der Waals surface area contributed by atoms with Crippen LogP contribution in [0.15, 0.2) is 66.2 Å². The van der Waals surface area contributed by atoms with Crippen molar-refractivity contribution in [3.63, 3.8) is 0 Å². The molecule has 0 fully saturated rings. The van der Waals surface area contributed by atoms with Gasteiger partial charge in [-0.3, -0.25) is 14.4 Å². The van der Waals surface area contributed by atoms with Crippen LogP contribution in [0.4, 0.5) is 18.9 Å². The summed E-state index contributed by atoms with van der Waals surface area (Å²) in [5, 5.41) is 2.48. The molecule has 2 atom stereocenters. The van der Waals surface area contributed by atoms with E-state index in [1.807, 2.05) is 0 Å². The quantitative estimate of drug-likeness (QED) is 0.529. The summed E-state index contributed by atoms with van der Waals surface area (Å²) in [5.41, 5.74) is -0.769. The molecule has 0 saturated heterocycles. The minimum absolute atomic E-state index is 0.0974. The van der Waals surface area contributed by atoms with Gasteiger partial charge in [-0.1, -0.05) is 24.3 Å². The first-order valence-corrected chi connectivity index (χ1v) is 9.97. The molecule has 0 bridgehead atoms. The maximum Gasteiger partial charge on any atom is 0.416 e. The van der Waals surface area contributed by atoms with Crippen LogP contribution in [-0.4, -0.2) is 30.8 Å². The number of carbonyl (C=O) groups is 3. The number of hydrogen-bond acceptors (Lipinski definition) is 4. The smallest absolute Gasteiger partial charge is 0.379 e. The molecule has 33 heavy (non-hydrogen) atoms. The summed E-state index contributed by atoms with van der Waals surface area (Å²) in [6, 6.07) is 11.5. The Morgan fingerprint density at radius 1 is 1.09 bits per heavy atom. The molecule has 1 heterocycles. The largest absolute Gasteiger partial charge is 0.416 e. The van der Waals surface area contributed by atoms with Crippen LogP contribution in [0.5, 0.6) is 5.75 Å². The lowest BCUT2D eigenvalue weighted by Gasteiger charge is -2.43. The first kappa shape index (κ1) is 23.8. The number of hydroxylamine groups is 1. The first-order valence-electron chi connectivity index (χ1n) is 9.97. The van der Waals surface area contributed by atoms with Gasteiger partial charge in [0, 0.05) is 12.7 Å². The van der Waals surface area contributed by atoms with Gasteiger partial charge >= 0.3 is 6.18 Å². The van der Waals surface area contributed by atoms with Crippen molar-refractivity contribution in [2.75, 3.05) is 11.9 Å². The lowest BCUT2D eigenvalue weighted by Crippen LogP contribution is -2.58. The van der Waals surface area contributed by atoms with Crippen molar-refractivity contribution in [1.82, 2.24) is 10.8 Å². The number of nitrogens with zero attached hydrogens (tertiary/aromatic N) is 1. The maximum absolute atomic E-state index is 13.3. The second-order valence-electron chi connectivity index (χ2n) is 7.67. The molecule has 0 spiro atoms. The van der Waals surface area contributed by atoms with Gasteiger partial charge in [-0.15, -0.1) is 0 Å². The van der Waals surface area contributed by atoms with Crippen LogP contribution in [0.25, 0.3) is 0 Å². The lowest BCUT2D eigenvalue weighted by atomic mass is 9.76. The molecule has 0 aromatic heterocycles. The second-order valence-corrected chi connectivity index (χ2v) is 7.67. The van der Waals surface area contributed by atoms with Crippen molar-refractivity contribution >= 4 is 23.4 Å². The summed E-state index contributed by atoms with van der Waals surface area (Å²) in [6.07, 6.45) is -3.42. The summed E-state index contributed by atoms with van der Waals surface area (Å²) in [4.78, 5) is 45.0. The fourth-order valence-electron chi connectivity index (χ4n) is 3.57. The second kappa shape index (κ2) is 8.97. The number of rotatable bonds is 5. The predicted molar refractivity (Wildman–Crippen MR) is 114 cm³/mol. The van der Waals surface area contributed by atoms with Crippen LogP contribution in [0, 0.1) is 5.41 Å². The van der Waals surface area contributed by atoms with Crippen LogP contribution in [0.1, 0.15) is 19.4 Å². The van der Waals surface area contributed by atoms with Gasteiger partial charge in [-0.05, 0) is 50.3 Å². The highest BCUT2D eigenvalue weighted by molar-refractivity contribution is 6.25. The summed E-state index contributed by atoms with van der Waals surface area (Å²) in [7, 11) is 1.39. The van der Waals surface area contributed by atoms with E-state index < -0.39 is 46.5 Å². The van der Waals surface area contributed by atoms with E-state index in [1.165, 1.54) is 33.0 Å². The number of amides is 3. The number of benzene rings is 2. The Morgan fingerprint density at radius 3 is 2.36 bits per heavy atom. The van der Waals surface area contributed by atoms with E-state index >= 15 is 0 Å². The molecule has 7 nitrogen and oxygen atoms in total. The molecule has 2 aromatic carbocycles. The minimum Gasteiger partial charge on any atom is -0.379 e. The fraction of sp³-hybridized carbons (Fsp3) is 0.261. The van der Waals surface area contributed by atoms with Gasteiger partial charge in [0.05, 0.1) is 17.0 Å². The Morgan fingerprint density at radius 2 is 1.76 bits per heavy atom. The normalized spacial score (nSPS) is 20.7. The van der Waals surface area contributed by atoms with Crippen LogP contribution in [0.3, 0.4) is 0 Å². The van der Waals surface area contributed by atoms with E-state index in [-0.39, 0.29) is 5.69 Å². The molecule has 1 aliphatic rings. The van der Waals surface area contributed by atoms with Gasteiger partial charge in [0.15, 0.2) is 5.75 Å². The Bertz CT molecular complexity index is 1100. The van der Waals surface area contributed by atoms with Crippen molar-refractivity contribution in [2.24, 2.45) is 5.41 Å². The Labute approximate surface area is 188 Å². The van der Waals surface area contributed by atoms with E-state index in [0.717, 1.165) is 23.1 Å². The number of halogens is 3. The zero-order valence-electron chi connectivity index (χ0n) is 18.1. The molecule has 2 N–H and O–H groups in total. The number of anilines is 1. The highest BCUT2D eigenvalue weighted by atomic mass is 19.4. The standard InChI is InChI=1S/C23H22F3N3O4/c1-14-22(2,21(32)27-3)13-18(19(30)28-33-17-10-5-4-6-11-17)20(31)29(14)16-9-7-8-15(12-16)23(24,25)26/h4-14H,1-3H3,(H,27,32)(H,28,30). The molecule has 0 radical (unpaired) electrons. The van der Waals surface area contributed by atoms with Crippen molar-refractivity contribution in [1.29, 1.82) is 0 Å². The van der Waals surface area contributed by atoms with E-state index in [2.05, 4.69) is 10.8 Å². The predicted octanol–water partition coefficient (Wildman–Crippen LogP) is 3.23. The summed E-state index contributed by atoms with van der Waals surface area (Å²) < 4.78 is 39.8. The molecule has 0 aliphatic carbocycles.